The fourth-order valence-electron chi connectivity index (χ4n) is 5.57. The number of hydrogen-bond donors (Lipinski definition) is 1. The molecule has 2 aliphatic rings. The molecule has 1 saturated heterocycles. The number of piperidine rings is 1. The summed E-state index contributed by atoms with van der Waals surface area (Å²) in [5.74, 6) is -2.66. The number of aliphatic carboxylic acids is 1. The first kappa shape index (κ1) is 26.6. The highest BCUT2D eigenvalue weighted by Gasteiger charge is 2.43. The van der Waals surface area contributed by atoms with E-state index >= 15 is 0 Å². The summed E-state index contributed by atoms with van der Waals surface area (Å²) in [7, 11) is 0. The van der Waals surface area contributed by atoms with Gasteiger partial charge in [-0.15, -0.1) is 0 Å². The zero-order chi connectivity index (χ0) is 26.1. The van der Waals surface area contributed by atoms with Crippen molar-refractivity contribution in [2.75, 3.05) is 13.1 Å². The van der Waals surface area contributed by atoms with Gasteiger partial charge in [0, 0.05) is 19.5 Å². The normalized spacial score (nSPS) is 24.1. The van der Waals surface area contributed by atoms with Crippen molar-refractivity contribution in [1.29, 1.82) is 0 Å². The lowest BCUT2D eigenvalue weighted by Crippen LogP contribution is -2.35. The Kier molecular flexibility index (Phi) is 7.73. The van der Waals surface area contributed by atoms with Crippen LogP contribution in [-0.2, 0) is 17.5 Å². The van der Waals surface area contributed by atoms with Crippen molar-refractivity contribution in [1.82, 2.24) is 4.90 Å². The molecule has 1 saturated carbocycles. The Bertz CT molecular complexity index is 1080. The minimum Gasteiger partial charge on any atom is -0.490 e. The first-order chi connectivity index (χ1) is 16.9. The van der Waals surface area contributed by atoms with Gasteiger partial charge in [-0.3, -0.25) is 9.69 Å². The van der Waals surface area contributed by atoms with Gasteiger partial charge in [0.05, 0.1) is 12.0 Å². The molecule has 10 heteroatoms. The number of likely N-dealkylation sites (tertiary alicyclic amines) is 1. The Labute approximate surface area is 205 Å². The van der Waals surface area contributed by atoms with Crippen molar-refractivity contribution in [3.8, 4) is 5.75 Å². The van der Waals surface area contributed by atoms with Gasteiger partial charge in [-0.25, -0.2) is 0 Å². The fraction of sp³-hybridized carbons (Fsp3) is 0.577. The van der Waals surface area contributed by atoms with E-state index in [-0.39, 0.29) is 49.2 Å². The van der Waals surface area contributed by atoms with E-state index < -0.39 is 35.9 Å². The SMILES string of the molecule is O=C(O)C[C@H]1CCCN(Cc2cccc3c(C(F)(F)F)c(OC4CCC(C(F)(F)F)CC4)ccc23)C1. The van der Waals surface area contributed by atoms with Crippen LogP contribution < -0.4 is 4.74 Å². The Morgan fingerprint density at radius 3 is 2.33 bits per heavy atom. The third-order valence-corrected chi connectivity index (χ3v) is 7.29. The fourth-order valence-corrected chi connectivity index (χ4v) is 5.57. The van der Waals surface area contributed by atoms with E-state index in [1.54, 1.807) is 18.2 Å². The maximum Gasteiger partial charge on any atom is 0.420 e. The molecule has 2 aromatic rings. The zero-order valence-corrected chi connectivity index (χ0v) is 19.7. The Balaban J connectivity index is 1.57. The molecule has 0 bridgehead atoms. The average Bonchev–Trinajstić information content (AvgIpc) is 2.78. The van der Waals surface area contributed by atoms with Gasteiger partial charge in [0.1, 0.15) is 11.3 Å². The molecule has 0 aromatic heterocycles. The van der Waals surface area contributed by atoms with Crippen molar-refractivity contribution < 1.29 is 41.0 Å². The molecule has 4 rings (SSSR count). The van der Waals surface area contributed by atoms with E-state index in [0.29, 0.717) is 24.0 Å². The van der Waals surface area contributed by atoms with Crippen molar-refractivity contribution in [3.63, 3.8) is 0 Å². The summed E-state index contributed by atoms with van der Waals surface area (Å²) in [4.78, 5) is 13.2. The summed E-state index contributed by atoms with van der Waals surface area (Å²) in [6.07, 6.45) is -8.25. The van der Waals surface area contributed by atoms with Crippen molar-refractivity contribution in [3.05, 3.63) is 41.5 Å². The first-order valence-electron chi connectivity index (χ1n) is 12.2. The number of alkyl halides is 6. The molecule has 198 valence electrons. The van der Waals surface area contributed by atoms with Crippen molar-refractivity contribution >= 4 is 16.7 Å². The van der Waals surface area contributed by atoms with Crippen LogP contribution in [0, 0.1) is 11.8 Å². The molecular formula is C26H29F6NO3. The minimum atomic E-state index is -4.71. The molecule has 2 aromatic carbocycles. The van der Waals surface area contributed by atoms with E-state index in [0.717, 1.165) is 19.4 Å². The third-order valence-electron chi connectivity index (χ3n) is 7.29. The van der Waals surface area contributed by atoms with Crippen LogP contribution in [0.25, 0.3) is 10.8 Å². The van der Waals surface area contributed by atoms with Crippen LogP contribution in [0.1, 0.15) is 56.1 Å². The van der Waals surface area contributed by atoms with Crippen LogP contribution in [0.4, 0.5) is 26.3 Å². The lowest BCUT2D eigenvalue weighted by atomic mass is 9.87. The van der Waals surface area contributed by atoms with Crippen LogP contribution in [-0.4, -0.2) is 41.3 Å². The number of ether oxygens (including phenoxy) is 1. The van der Waals surface area contributed by atoms with Crippen molar-refractivity contribution in [2.45, 2.75) is 69.9 Å². The number of benzene rings is 2. The van der Waals surface area contributed by atoms with Crippen LogP contribution in [0.2, 0.25) is 0 Å². The smallest absolute Gasteiger partial charge is 0.420 e. The number of rotatable bonds is 6. The molecule has 1 aliphatic heterocycles. The molecular weight excluding hydrogens is 488 g/mol. The molecule has 0 radical (unpaired) electrons. The number of hydrogen-bond acceptors (Lipinski definition) is 3. The second kappa shape index (κ2) is 10.5. The maximum absolute atomic E-state index is 14.2. The van der Waals surface area contributed by atoms with Crippen LogP contribution in [0.15, 0.2) is 30.3 Å². The highest BCUT2D eigenvalue weighted by atomic mass is 19.4. The summed E-state index contributed by atoms with van der Waals surface area (Å²) in [5, 5.41) is 9.51. The molecule has 1 heterocycles. The Morgan fingerprint density at radius 2 is 1.69 bits per heavy atom. The molecule has 36 heavy (non-hydrogen) atoms. The first-order valence-corrected chi connectivity index (χ1v) is 12.2. The van der Waals surface area contributed by atoms with Gasteiger partial charge in [0.2, 0.25) is 0 Å². The van der Waals surface area contributed by atoms with E-state index in [1.165, 1.54) is 12.1 Å². The number of carboxylic acid groups (broad SMARTS) is 1. The predicted molar refractivity (Wildman–Crippen MR) is 122 cm³/mol. The monoisotopic (exact) mass is 517 g/mol. The van der Waals surface area contributed by atoms with Gasteiger partial charge in [-0.2, -0.15) is 26.3 Å². The molecule has 1 atom stereocenters. The number of fused-ring (bicyclic) bond motifs is 1. The molecule has 0 spiro atoms. The maximum atomic E-state index is 14.2. The number of halogens is 6. The number of carbonyl (C=O) groups is 1. The van der Waals surface area contributed by atoms with Gasteiger partial charge < -0.3 is 9.84 Å². The molecule has 4 nitrogen and oxygen atoms in total. The lowest BCUT2D eigenvalue weighted by Gasteiger charge is -2.32. The van der Waals surface area contributed by atoms with Gasteiger partial charge in [0.25, 0.3) is 0 Å². The molecule has 0 amide bonds. The standard InChI is InChI=1S/C26H29F6NO3/c27-25(28,29)18-6-8-19(9-7-18)36-22-11-10-20-17(4-1-5-21(20)24(22)26(30,31)32)15-33-12-2-3-16(14-33)13-23(34)35/h1,4-5,10-11,16,18-19H,2-3,6-9,12-15H2,(H,34,35)/t16-,18?,19?/m1/s1. The molecule has 0 unspecified atom stereocenters. The van der Waals surface area contributed by atoms with Crippen LogP contribution in [0.3, 0.4) is 0 Å². The third kappa shape index (κ3) is 6.25. The summed E-state index contributed by atoms with van der Waals surface area (Å²) in [5.41, 5.74) is -0.214. The van der Waals surface area contributed by atoms with Gasteiger partial charge in [-0.05, 0) is 73.4 Å². The second-order valence-electron chi connectivity index (χ2n) is 9.92. The van der Waals surface area contributed by atoms with Gasteiger partial charge >= 0.3 is 18.3 Å². The van der Waals surface area contributed by atoms with Gasteiger partial charge in [0.15, 0.2) is 0 Å². The van der Waals surface area contributed by atoms with Crippen LogP contribution in [0.5, 0.6) is 5.75 Å². The largest absolute Gasteiger partial charge is 0.490 e. The van der Waals surface area contributed by atoms with E-state index in [4.69, 9.17) is 9.84 Å². The summed E-state index contributed by atoms with van der Waals surface area (Å²) in [6.45, 7) is 1.70. The average molecular weight is 518 g/mol. The van der Waals surface area contributed by atoms with E-state index in [2.05, 4.69) is 4.90 Å². The Morgan fingerprint density at radius 1 is 0.972 bits per heavy atom. The summed E-state index contributed by atoms with van der Waals surface area (Å²) >= 11 is 0. The summed E-state index contributed by atoms with van der Waals surface area (Å²) in [6, 6.07) is 7.56. The zero-order valence-electron chi connectivity index (χ0n) is 19.7. The van der Waals surface area contributed by atoms with E-state index in [1.807, 2.05) is 0 Å². The summed E-state index contributed by atoms with van der Waals surface area (Å²) < 4.78 is 87.2. The molecule has 1 N–H and O–H groups in total. The Hall–Kier alpha value is -2.49. The topological polar surface area (TPSA) is 49.8 Å². The second-order valence-corrected chi connectivity index (χ2v) is 9.92. The lowest BCUT2D eigenvalue weighted by molar-refractivity contribution is -0.185. The van der Waals surface area contributed by atoms with Crippen molar-refractivity contribution in [2.24, 2.45) is 11.8 Å². The quantitative estimate of drug-likeness (QED) is 0.418. The van der Waals surface area contributed by atoms with E-state index in [9.17, 15) is 31.1 Å². The number of nitrogens with zero attached hydrogens (tertiary/aromatic N) is 1. The van der Waals surface area contributed by atoms with Gasteiger partial charge in [-0.1, -0.05) is 24.3 Å². The highest BCUT2D eigenvalue weighted by Crippen LogP contribution is 2.44. The van der Waals surface area contributed by atoms with Crippen LogP contribution >= 0.6 is 0 Å². The molecule has 1 aliphatic carbocycles. The predicted octanol–water partition coefficient (Wildman–Crippen LogP) is 7.05. The minimum absolute atomic E-state index is 0.00408. The number of carboxylic acids is 1. The highest BCUT2D eigenvalue weighted by molar-refractivity contribution is 5.91. The molecule has 2 fully saturated rings.